The van der Waals surface area contributed by atoms with E-state index in [1.165, 1.54) is 0 Å². The van der Waals surface area contributed by atoms with Crippen LogP contribution in [0.25, 0.3) is 0 Å². The summed E-state index contributed by atoms with van der Waals surface area (Å²) in [7, 11) is -0.247. The molecule has 0 bridgehead atoms. The highest BCUT2D eigenvalue weighted by Crippen LogP contribution is 2.36. The molecule has 1 aromatic rings. The molecule has 0 spiro atoms. The van der Waals surface area contributed by atoms with E-state index in [2.05, 4.69) is 64.6 Å². The molecule has 0 radical (unpaired) electrons. The van der Waals surface area contributed by atoms with Crippen molar-refractivity contribution in [2.75, 3.05) is 0 Å². The van der Waals surface area contributed by atoms with E-state index in [4.69, 9.17) is 9.31 Å². The van der Waals surface area contributed by atoms with Crippen LogP contribution in [-0.4, -0.2) is 22.9 Å². The number of rotatable bonds is 3. The third-order valence-electron chi connectivity index (χ3n) is 3.87. The zero-order valence-electron chi connectivity index (χ0n) is 12.4. The summed E-state index contributed by atoms with van der Waals surface area (Å²) in [5.41, 5.74) is 0.574. The predicted octanol–water partition coefficient (Wildman–Crippen LogP) is 2.44. The predicted molar refractivity (Wildman–Crippen MR) is 75.0 cm³/mol. The second kappa shape index (κ2) is 4.43. The van der Waals surface area contributed by atoms with Crippen molar-refractivity contribution in [3.63, 3.8) is 0 Å². The molecule has 0 saturated carbocycles. The van der Waals surface area contributed by atoms with E-state index >= 15 is 0 Å². The molecule has 2 heterocycles. The minimum absolute atomic E-state index is 0.247. The molecule has 1 aliphatic rings. The lowest BCUT2D eigenvalue weighted by atomic mass is 9.81. The smallest absolute Gasteiger partial charge is 0.399 e. The van der Waals surface area contributed by atoms with Crippen LogP contribution in [0, 0.1) is 5.92 Å². The third-order valence-corrected chi connectivity index (χ3v) is 3.87. The molecule has 0 unspecified atom stereocenters. The van der Waals surface area contributed by atoms with E-state index in [9.17, 15) is 0 Å². The fraction of sp³-hybridized carbons (Fsp3) is 0.714. The molecule has 0 atom stereocenters. The summed E-state index contributed by atoms with van der Waals surface area (Å²) in [5.74, 6) is 0.642. The minimum atomic E-state index is -0.266. The van der Waals surface area contributed by atoms with Crippen molar-refractivity contribution >= 4 is 12.6 Å². The van der Waals surface area contributed by atoms with Crippen LogP contribution in [0.4, 0.5) is 0 Å². The molecule has 1 fully saturated rings. The zero-order chi connectivity index (χ0) is 13.6. The molecule has 100 valence electrons. The summed E-state index contributed by atoms with van der Waals surface area (Å²) in [6.45, 7) is 13.8. The molecule has 1 aliphatic heterocycles. The lowest BCUT2D eigenvalue weighted by molar-refractivity contribution is 0.00578. The van der Waals surface area contributed by atoms with Crippen molar-refractivity contribution in [1.82, 2.24) is 4.57 Å². The van der Waals surface area contributed by atoms with E-state index in [0.717, 1.165) is 12.0 Å². The number of hydrogen-bond donors (Lipinski definition) is 0. The Balaban J connectivity index is 2.12. The van der Waals surface area contributed by atoms with Gasteiger partial charge in [-0.2, -0.15) is 0 Å². The lowest BCUT2D eigenvalue weighted by Crippen LogP contribution is -2.41. The van der Waals surface area contributed by atoms with Crippen LogP contribution < -0.4 is 5.46 Å². The van der Waals surface area contributed by atoms with Gasteiger partial charge in [-0.05, 0) is 39.7 Å². The first-order chi connectivity index (χ1) is 8.21. The summed E-state index contributed by atoms with van der Waals surface area (Å²) in [6.07, 6.45) is 4.22. The van der Waals surface area contributed by atoms with Gasteiger partial charge in [0.25, 0.3) is 0 Å². The second-order valence-electron chi connectivity index (χ2n) is 6.62. The van der Waals surface area contributed by atoms with Gasteiger partial charge in [-0.25, -0.2) is 0 Å². The molecular formula is C14H24BNO2. The van der Waals surface area contributed by atoms with Gasteiger partial charge in [0, 0.05) is 24.4 Å². The number of aromatic nitrogens is 1. The van der Waals surface area contributed by atoms with Gasteiger partial charge in [-0.1, -0.05) is 13.8 Å². The Morgan fingerprint density at radius 3 is 2.22 bits per heavy atom. The summed E-state index contributed by atoms with van der Waals surface area (Å²) in [4.78, 5) is 0. The first-order valence-corrected chi connectivity index (χ1v) is 6.72. The molecule has 4 heteroatoms. The molecule has 1 aromatic heterocycles. The monoisotopic (exact) mass is 249 g/mol. The first-order valence-electron chi connectivity index (χ1n) is 6.72. The molecule has 2 rings (SSSR count). The van der Waals surface area contributed by atoms with Crippen LogP contribution in [0.15, 0.2) is 18.5 Å². The topological polar surface area (TPSA) is 23.4 Å². The van der Waals surface area contributed by atoms with Crippen LogP contribution in [0.3, 0.4) is 0 Å². The van der Waals surface area contributed by atoms with Crippen LogP contribution in [0.2, 0.25) is 0 Å². The molecule has 0 N–H and O–H groups in total. The molecule has 0 aromatic carbocycles. The highest BCUT2D eigenvalue weighted by Gasteiger charge is 2.51. The van der Waals surface area contributed by atoms with Gasteiger partial charge in [0.1, 0.15) is 0 Å². The van der Waals surface area contributed by atoms with Crippen molar-refractivity contribution in [3.05, 3.63) is 18.5 Å². The van der Waals surface area contributed by atoms with Crippen LogP contribution in [-0.2, 0) is 15.9 Å². The maximum atomic E-state index is 6.03. The van der Waals surface area contributed by atoms with E-state index in [-0.39, 0.29) is 18.3 Å². The number of hydrogen-bond acceptors (Lipinski definition) is 2. The maximum Gasteiger partial charge on any atom is 0.496 e. The Morgan fingerprint density at radius 2 is 1.72 bits per heavy atom. The van der Waals surface area contributed by atoms with Crippen LogP contribution >= 0.6 is 0 Å². The van der Waals surface area contributed by atoms with Crippen molar-refractivity contribution in [2.45, 2.75) is 59.3 Å². The summed E-state index contributed by atoms with van der Waals surface area (Å²) in [6, 6.07) is 2.09. The fourth-order valence-electron chi connectivity index (χ4n) is 2.11. The van der Waals surface area contributed by atoms with Gasteiger partial charge in [0.15, 0.2) is 0 Å². The summed E-state index contributed by atoms with van der Waals surface area (Å²) in [5, 5.41) is 0. The Hall–Kier alpha value is -0.735. The van der Waals surface area contributed by atoms with Gasteiger partial charge in [0.2, 0.25) is 0 Å². The highest BCUT2D eigenvalue weighted by molar-refractivity contribution is 6.62. The Kier molecular flexibility index (Phi) is 3.37. The first kappa shape index (κ1) is 13.7. The molecule has 1 saturated heterocycles. The SMILES string of the molecule is CC(C)Cn1ccc(B2OC(C)(C)C(C)(C)O2)c1. The quantitative estimate of drug-likeness (QED) is 0.768. The van der Waals surface area contributed by atoms with Gasteiger partial charge >= 0.3 is 7.12 Å². The molecule has 0 amide bonds. The van der Waals surface area contributed by atoms with Crippen molar-refractivity contribution in [1.29, 1.82) is 0 Å². The molecule has 18 heavy (non-hydrogen) atoms. The average Bonchev–Trinajstić information content (AvgIpc) is 2.70. The number of nitrogens with zero attached hydrogens (tertiary/aromatic N) is 1. The third kappa shape index (κ3) is 2.50. The molecule has 0 aliphatic carbocycles. The van der Waals surface area contributed by atoms with E-state index in [1.807, 2.05) is 0 Å². The summed E-state index contributed by atoms with van der Waals surface area (Å²) < 4.78 is 14.3. The Labute approximate surface area is 111 Å². The Bertz CT molecular complexity index is 407. The van der Waals surface area contributed by atoms with Gasteiger partial charge in [-0.3, -0.25) is 0 Å². The standard InChI is InChI=1S/C14H24BNO2/c1-11(2)9-16-8-7-12(10-16)15-17-13(3,4)14(5,6)18-15/h7-8,10-11H,9H2,1-6H3. The molecule has 3 nitrogen and oxygen atoms in total. The van der Waals surface area contributed by atoms with Gasteiger partial charge in [-0.15, -0.1) is 0 Å². The van der Waals surface area contributed by atoms with E-state index in [1.54, 1.807) is 0 Å². The largest absolute Gasteiger partial charge is 0.496 e. The minimum Gasteiger partial charge on any atom is -0.399 e. The maximum absolute atomic E-state index is 6.03. The van der Waals surface area contributed by atoms with E-state index < -0.39 is 0 Å². The van der Waals surface area contributed by atoms with E-state index in [0.29, 0.717) is 5.92 Å². The Morgan fingerprint density at radius 1 is 1.17 bits per heavy atom. The van der Waals surface area contributed by atoms with Crippen LogP contribution in [0.1, 0.15) is 41.5 Å². The second-order valence-corrected chi connectivity index (χ2v) is 6.62. The van der Waals surface area contributed by atoms with Gasteiger partial charge in [0.05, 0.1) is 11.2 Å². The average molecular weight is 249 g/mol. The lowest BCUT2D eigenvalue weighted by Gasteiger charge is -2.32. The zero-order valence-corrected chi connectivity index (χ0v) is 12.4. The molecular weight excluding hydrogens is 225 g/mol. The fourth-order valence-corrected chi connectivity index (χ4v) is 2.11. The normalized spacial score (nSPS) is 21.8. The van der Waals surface area contributed by atoms with Crippen LogP contribution in [0.5, 0.6) is 0 Å². The van der Waals surface area contributed by atoms with Crippen molar-refractivity contribution < 1.29 is 9.31 Å². The van der Waals surface area contributed by atoms with Gasteiger partial charge < -0.3 is 13.9 Å². The summed E-state index contributed by atoms with van der Waals surface area (Å²) >= 11 is 0. The highest BCUT2D eigenvalue weighted by atomic mass is 16.7. The van der Waals surface area contributed by atoms with Crippen molar-refractivity contribution in [3.8, 4) is 0 Å². The van der Waals surface area contributed by atoms with Crippen molar-refractivity contribution in [2.24, 2.45) is 5.92 Å².